The minimum absolute atomic E-state index is 0.491. The molecular weight excluding hydrogens is 324 g/mol. The van der Waals surface area contributed by atoms with Gasteiger partial charge in [-0.3, -0.25) is 0 Å². The van der Waals surface area contributed by atoms with Crippen LogP contribution >= 0.6 is 31.9 Å². The number of ether oxygens (including phenoxy) is 1. The molecule has 1 aromatic rings. The molecule has 0 unspecified atom stereocenters. The Morgan fingerprint density at radius 1 is 1.27 bits per heavy atom. The predicted molar refractivity (Wildman–Crippen MR) is 68.3 cm³/mol. The van der Waals surface area contributed by atoms with Gasteiger partial charge in [0.25, 0.3) is 0 Å². The van der Waals surface area contributed by atoms with E-state index in [1.807, 2.05) is 18.2 Å². The number of hydrogen-bond donors (Lipinski definition) is 1. The van der Waals surface area contributed by atoms with Crippen molar-refractivity contribution in [1.29, 1.82) is 0 Å². The lowest BCUT2D eigenvalue weighted by atomic mass is 10.1. The first-order valence-electron chi connectivity index (χ1n) is 4.69. The number of benzene rings is 1. The average molecular weight is 338 g/mol. The van der Waals surface area contributed by atoms with Gasteiger partial charge in [0.2, 0.25) is 0 Å². The number of halogens is 2. The van der Waals surface area contributed by atoms with Crippen LogP contribution in [0.1, 0.15) is 20.3 Å². The molecule has 84 valence electrons. The van der Waals surface area contributed by atoms with Crippen molar-refractivity contribution in [3.05, 3.63) is 27.1 Å². The zero-order valence-electron chi connectivity index (χ0n) is 8.76. The zero-order chi connectivity index (χ0) is 11.5. The first kappa shape index (κ1) is 13.0. The van der Waals surface area contributed by atoms with Gasteiger partial charge < -0.3 is 9.84 Å². The molecule has 0 saturated carbocycles. The summed E-state index contributed by atoms with van der Waals surface area (Å²) in [4.78, 5) is 0. The Morgan fingerprint density at radius 3 is 2.27 bits per heavy atom. The van der Waals surface area contributed by atoms with Crippen LogP contribution in [0.25, 0.3) is 0 Å². The van der Waals surface area contributed by atoms with Gasteiger partial charge in [-0.2, -0.15) is 0 Å². The van der Waals surface area contributed by atoms with E-state index in [0.717, 1.165) is 14.7 Å². The molecule has 0 aliphatic carbocycles. The zero-order valence-corrected chi connectivity index (χ0v) is 11.9. The van der Waals surface area contributed by atoms with E-state index in [0.29, 0.717) is 13.0 Å². The SMILES string of the molecule is CC(C)(O)CCOc1c(Br)cccc1Br. The Morgan fingerprint density at radius 2 is 1.80 bits per heavy atom. The second-order valence-electron chi connectivity index (χ2n) is 3.96. The minimum atomic E-state index is -0.687. The Labute approximate surface area is 107 Å². The number of hydrogen-bond acceptors (Lipinski definition) is 2. The van der Waals surface area contributed by atoms with Gasteiger partial charge in [-0.15, -0.1) is 0 Å². The summed E-state index contributed by atoms with van der Waals surface area (Å²) < 4.78 is 7.41. The third kappa shape index (κ3) is 4.53. The number of para-hydroxylation sites is 1. The van der Waals surface area contributed by atoms with E-state index in [1.54, 1.807) is 13.8 Å². The van der Waals surface area contributed by atoms with Crippen LogP contribution in [0.15, 0.2) is 27.1 Å². The molecule has 1 aromatic carbocycles. The lowest BCUT2D eigenvalue weighted by Crippen LogP contribution is -2.21. The van der Waals surface area contributed by atoms with Crippen molar-refractivity contribution in [2.75, 3.05) is 6.61 Å². The van der Waals surface area contributed by atoms with Crippen LogP contribution in [0.5, 0.6) is 5.75 Å². The molecular formula is C11H14Br2O2. The van der Waals surface area contributed by atoms with Crippen molar-refractivity contribution in [1.82, 2.24) is 0 Å². The largest absolute Gasteiger partial charge is 0.491 e. The molecule has 1 rings (SSSR count). The monoisotopic (exact) mass is 336 g/mol. The summed E-state index contributed by atoms with van der Waals surface area (Å²) in [5.74, 6) is 0.779. The van der Waals surface area contributed by atoms with Gasteiger partial charge in [0.1, 0.15) is 5.75 Å². The van der Waals surface area contributed by atoms with Crippen molar-refractivity contribution in [3.8, 4) is 5.75 Å². The topological polar surface area (TPSA) is 29.5 Å². The van der Waals surface area contributed by atoms with Crippen LogP contribution in [0.2, 0.25) is 0 Å². The maximum absolute atomic E-state index is 9.53. The maximum Gasteiger partial charge on any atom is 0.147 e. The second-order valence-corrected chi connectivity index (χ2v) is 5.67. The Balaban J connectivity index is 2.58. The van der Waals surface area contributed by atoms with E-state index in [4.69, 9.17) is 4.74 Å². The quantitative estimate of drug-likeness (QED) is 0.906. The van der Waals surface area contributed by atoms with E-state index in [1.165, 1.54) is 0 Å². The summed E-state index contributed by atoms with van der Waals surface area (Å²) in [5.41, 5.74) is -0.687. The molecule has 0 heterocycles. The van der Waals surface area contributed by atoms with Crippen molar-refractivity contribution in [3.63, 3.8) is 0 Å². The fourth-order valence-corrected chi connectivity index (χ4v) is 2.25. The van der Waals surface area contributed by atoms with Crippen molar-refractivity contribution < 1.29 is 9.84 Å². The van der Waals surface area contributed by atoms with Gasteiger partial charge >= 0.3 is 0 Å². The number of aliphatic hydroxyl groups is 1. The van der Waals surface area contributed by atoms with Crippen molar-refractivity contribution in [2.24, 2.45) is 0 Å². The molecule has 0 aromatic heterocycles. The van der Waals surface area contributed by atoms with E-state index in [9.17, 15) is 5.11 Å². The van der Waals surface area contributed by atoms with E-state index in [2.05, 4.69) is 31.9 Å². The molecule has 0 fully saturated rings. The molecule has 0 aliphatic rings. The Hall–Kier alpha value is -0.0600. The number of rotatable bonds is 4. The molecule has 0 saturated heterocycles. The van der Waals surface area contributed by atoms with Gasteiger partial charge in [-0.25, -0.2) is 0 Å². The first-order chi connectivity index (χ1) is 6.90. The highest BCUT2D eigenvalue weighted by Crippen LogP contribution is 2.33. The van der Waals surface area contributed by atoms with E-state index < -0.39 is 5.60 Å². The van der Waals surface area contributed by atoms with Gasteiger partial charge in [0.15, 0.2) is 0 Å². The van der Waals surface area contributed by atoms with E-state index in [-0.39, 0.29) is 0 Å². The molecule has 0 aliphatic heterocycles. The van der Waals surface area contributed by atoms with Crippen LogP contribution < -0.4 is 4.74 Å². The van der Waals surface area contributed by atoms with Crippen LogP contribution in [0.4, 0.5) is 0 Å². The van der Waals surface area contributed by atoms with Gasteiger partial charge in [-0.1, -0.05) is 6.07 Å². The van der Waals surface area contributed by atoms with Gasteiger partial charge in [0.05, 0.1) is 21.2 Å². The maximum atomic E-state index is 9.53. The summed E-state index contributed by atoms with van der Waals surface area (Å²) in [6.45, 7) is 4.03. The second kappa shape index (κ2) is 5.32. The first-order valence-corrected chi connectivity index (χ1v) is 6.28. The normalized spacial score (nSPS) is 11.5. The lowest BCUT2D eigenvalue weighted by Gasteiger charge is -2.17. The van der Waals surface area contributed by atoms with Gasteiger partial charge in [-0.05, 0) is 57.8 Å². The molecule has 1 N–H and O–H groups in total. The molecule has 4 heteroatoms. The predicted octanol–water partition coefficient (Wildman–Crippen LogP) is 3.75. The lowest BCUT2D eigenvalue weighted by molar-refractivity contribution is 0.0551. The molecule has 0 spiro atoms. The van der Waals surface area contributed by atoms with Crippen molar-refractivity contribution >= 4 is 31.9 Å². The molecule has 0 amide bonds. The van der Waals surface area contributed by atoms with E-state index >= 15 is 0 Å². The molecule has 0 bridgehead atoms. The molecule has 0 radical (unpaired) electrons. The smallest absolute Gasteiger partial charge is 0.147 e. The fourth-order valence-electron chi connectivity index (χ4n) is 1.02. The highest BCUT2D eigenvalue weighted by Gasteiger charge is 2.13. The fraction of sp³-hybridized carbons (Fsp3) is 0.455. The van der Waals surface area contributed by atoms with Crippen LogP contribution in [0.3, 0.4) is 0 Å². The average Bonchev–Trinajstić information content (AvgIpc) is 2.08. The van der Waals surface area contributed by atoms with Crippen LogP contribution in [-0.2, 0) is 0 Å². The molecule has 15 heavy (non-hydrogen) atoms. The third-order valence-electron chi connectivity index (χ3n) is 1.88. The summed E-state index contributed by atoms with van der Waals surface area (Å²) in [6.07, 6.45) is 0.598. The van der Waals surface area contributed by atoms with Crippen LogP contribution in [-0.4, -0.2) is 17.3 Å². The highest BCUT2D eigenvalue weighted by molar-refractivity contribution is 9.11. The van der Waals surface area contributed by atoms with Gasteiger partial charge in [0, 0.05) is 6.42 Å². The minimum Gasteiger partial charge on any atom is -0.491 e. The van der Waals surface area contributed by atoms with Crippen LogP contribution in [0, 0.1) is 0 Å². The Bertz CT molecular complexity index is 312. The standard InChI is InChI=1S/C11H14Br2O2/c1-11(2,14)6-7-15-10-8(12)4-3-5-9(10)13/h3-5,14H,6-7H2,1-2H3. The highest BCUT2D eigenvalue weighted by atomic mass is 79.9. The summed E-state index contributed by atoms with van der Waals surface area (Å²) in [7, 11) is 0. The summed E-state index contributed by atoms with van der Waals surface area (Å²) >= 11 is 6.82. The molecule has 2 nitrogen and oxygen atoms in total. The third-order valence-corrected chi connectivity index (χ3v) is 3.13. The molecule has 0 atom stereocenters. The summed E-state index contributed by atoms with van der Waals surface area (Å²) in [5, 5.41) is 9.53. The Kier molecular flexibility index (Phi) is 4.62. The van der Waals surface area contributed by atoms with Crippen molar-refractivity contribution in [2.45, 2.75) is 25.9 Å². The summed E-state index contributed by atoms with van der Waals surface area (Å²) in [6, 6.07) is 5.77.